The summed E-state index contributed by atoms with van der Waals surface area (Å²) in [6.07, 6.45) is 2.85. The summed E-state index contributed by atoms with van der Waals surface area (Å²) >= 11 is 13.7. The van der Waals surface area contributed by atoms with E-state index in [2.05, 4.69) is 20.6 Å². The maximum Gasteiger partial charge on any atom is 0.330 e. The summed E-state index contributed by atoms with van der Waals surface area (Å²) in [6, 6.07) is 10.3. The van der Waals surface area contributed by atoms with Gasteiger partial charge in [-0.3, -0.25) is 19.1 Å². The van der Waals surface area contributed by atoms with E-state index < -0.39 is 23.3 Å². The number of aliphatic hydroxyl groups is 1. The molecule has 1 fully saturated rings. The summed E-state index contributed by atoms with van der Waals surface area (Å²) < 4.78 is 12.8. The van der Waals surface area contributed by atoms with E-state index in [9.17, 15) is 19.5 Å². The van der Waals surface area contributed by atoms with Crippen LogP contribution < -0.4 is 26.6 Å². The van der Waals surface area contributed by atoms with E-state index in [0.29, 0.717) is 58.6 Å². The van der Waals surface area contributed by atoms with Gasteiger partial charge in [-0.25, -0.2) is 9.78 Å². The molecular formula is C30H30Cl2N6O6. The van der Waals surface area contributed by atoms with Crippen molar-refractivity contribution in [2.75, 3.05) is 25.6 Å². The molecule has 3 N–H and O–H groups in total. The first-order valence-electron chi connectivity index (χ1n) is 13.7. The van der Waals surface area contributed by atoms with Crippen molar-refractivity contribution < 1.29 is 19.4 Å². The first-order valence-corrected chi connectivity index (χ1v) is 14.4. The number of amides is 1. The van der Waals surface area contributed by atoms with E-state index in [0.717, 1.165) is 9.13 Å². The van der Waals surface area contributed by atoms with Gasteiger partial charge in [-0.1, -0.05) is 53.5 Å². The van der Waals surface area contributed by atoms with Crippen molar-refractivity contribution in [3.8, 4) is 28.3 Å². The van der Waals surface area contributed by atoms with Gasteiger partial charge in [-0.15, -0.1) is 0 Å². The Balaban J connectivity index is 1.42. The molecule has 4 aromatic rings. The third kappa shape index (κ3) is 6.26. The normalized spacial score (nSPS) is 16.5. The molecule has 2 atom stereocenters. The summed E-state index contributed by atoms with van der Waals surface area (Å²) in [6.45, 7) is 1.19. The third-order valence-corrected chi connectivity index (χ3v) is 8.18. The Bertz CT molecular complexity index is 1840. The summed E-state index contributed by atoms with van der Waals surface area (Å²) in [5, 5.41) is 16.7. The van der Waals surface area contributed by atoms with Gasteiger partial charge < -0.3 is 29.8 Å². The van der Waals surface area contributed by atoms with Crippen molar-refractivity contribution in [3.05, 3.63) is 90.9 Å². The van der Waals surface area contributed by atoms with Crippen molar-refractivity contribution in [1.82, 2.24) is 24.4 Å². The molecule has 1 saturated heterocycles. The van der Waals surface area contributed by atoms with Gasteiger partial charge in [0.15, 0.2) is 0 Å². The van der Waals surface area contributed by atoms with Gasteiger partial charge in [0.05, 0.1) is 47.4 Å². The van der Waals surface area contributed by atoms with Crippen LogP contribution in [0.1, 0.15) is 22.5 Å². The Morgan fingerprint density at radius 1 is 1.11 bits per heavy atom. The van der Waals surface area contributed by atoms with Crippen LogP contribution in [0.3, 0.4) is 0 Å². The highest BCUT2D eigenvalue weighted by Crippen LogP contribution is 2.41. The fraction of sp³-hybridized carbons (Fsp3) is 0.300. The fourth-order valence-electron chi connectivity index (χ4n) is 4.93. The zero-order chi connectivity index (χ0) is 31.5. The van der Waals surface area contributed by atoms with E-state index in [1.54, 1.807) is 42.6 Å². The maximum atomic E-state index is 13.0. The van der Waals surface area contributed by atoms with Gasteiger partial charge >= 0.3 is 5.69 Å². The number of hydrogen-bond donors (Lipinski definition) is 3. The summed E-state index contributed by atoms with van der Waals surface area (Å²) in [5.41, 5.74) is 1.47. The summed E-state index contributed by atoms with van der Waals surface area (Å²) in [7, 11) is 4.25. The van der Waals surface area contributed by atoms with Crippen LogP contribution in [0.4, 0.5) is 5.69 Å². The number of nitrogens with zero attached hydrogens (tertiary/aromatic N) is 4. The van der Waals surface area contributed by atoms with E-state index in [4.69, 9.17) is 32.7 Å². The van der Waals surface area contributed by atoms with Crippen molar-refractivity contribution in [2.24, 2.45) is 14.1 Å². The molecular weight excluding hydrogens is 611 g/mol. The molecule has 14 heteroatoms. The highest BCUT2D eigenvalue weighted by Gasteiger charge is 2.24. The Morgan fingerprint density at radius 3 is 2.55 bits per heavy atom. The zero-order valence-electron chi connectivity index (χ0n) is 24.1. The van der Waals surface area contributed by atoms with Crippen LogP contribution >= 0.6 is 23.2 Å². The second-order valence-electron chi connectivity index (χ2n) is 10.2. The lowest BCUT2D eigenvalue weighted by Gasteiger charge is -2.28. The number of carbonyl (C=O) groups excluding carboxylic acids is 1. The summed E-state index contributed by atoms with van der Waals surface area (Å²) in [4.78, 5) is 46.8. The minimum Gasteiger partial charge on any atom is -0.480 e. The van der Waals surface area contributed by atoms with Gasteiger partial charge in [0.1, 0.15) is 11.3 Å². The molecule has 2 aromatic carbocycles. The number of hydrogen-bond acceptors (Lipinski definition) is 9. The second kappa shape index (κ2) is 13.3. The minimum absolute atomic E-state index is 0.127. The Labute approximate surface area is 262 Å². The molecule has 0 saturated carbocycles. The number of ether oxygens (including phenoxy) is 2. The number of methoxy groups -OCH3 is 1. The van der Waals surface area contributed by atoms with Crippen LogP contribution in [-0.4, -0.2) is 62.6 Å². The SMILES string of the molecule is COc1nc(-c2cccc(-c3cccc(NC(=O)c4cn(C)c(=O)n(C)c4=O)c3Cl)c2Cl)cnc1CN[C@H]1CCOC[C@H]1O. The maximum absolute atomic E-state index is 13.0. The van der Waals surface area contributed by atoms with E-state index in [1.165, 1.54) is 27.4 Å². The molecule has 0 aliphatic carbocycles. The summed E-state index contributed by atoms with van der Waals surface area (Å²) in [5.74, 6) is -0.409. The Morgan fingerprint density at radius 2 is 1.82 bits per heavy atom. The molecule has 44 heavy (non-hydrogen) atoms. The molecule has 230 valence electrons. The highest BCUT2D eigenvalue weighted by molar-refractivity contribution is 6.39. The molecule has 3 heterocycles. The lowest BCUT2D eigenvalue weighted by atomic mass is 10.0. The molecule has 1 aliphatic rings. The lowest BCUT2D eigenvalue weighted by Crippen LogP contribution is -2.46. The minimum atomic E-state index is -0.729. The lowest BCUT2D eigenvalue weighted by molar-refractivity contribution is -0.0281. The van der Waals surface area contributed by atoms with Gasteiger partial charge in [0.2, 0.25) is 5.88 Å². The van der Waals surface area contributed by atoms with Crippen molar-refractivity contribution in [2.45, 2.75) is 25.1 Å². The number of nitrogens with one attached hydrogen (secondary N) is 2. The molecule has 12 nitrogen and oxygen atoms in total. The van der Waals surface area contributed by atoms with Crippen LogP contribution in [0.25, 0.3) is 22.4 Å². The van der Waals surface area contributed by atoms with Crippen molar-refractivity contribution in [3.63, 3.8) is 0 Å². The third-order valence-electron chi connectivity index (χ3n) is 7.37. The average molecular weight is 642 g/mol. The van der Waals surface area contributed by atoms with Crippen LogP contribution in [0.5, 0.6) is 5.88 Å². The molecule has 5 rings (SSSR count). The molecule has 0 spiro atoms. The van der Waals surface area contributed by atoms with Crippen LogP contribution in [0.15, 0.2) is 58.4 Å². The monoisotopic (exact) mass is 640 g/mol. The molecule has 0 radical (unpaired) electrons. The Hall–Kier alpha value is -4.07. The van der Waals surface area contributed by atoms with Crippen LogP contribution in [0, 0.1) is 0 Å². The van der Waals surface area contributed by atoms with Gasteiger partial charge in [0.25, 0.3) is 11.5 Å². The van der Waals surface area contributed by atoms with E-state index >= 15 is 0 Å². The smallest absolute Gasteiger partial charge is 0.330 e. The highest BCUT2D eigenvalue weighted by atomic mass is 35.5. The molecule has 0 bridgehead atoms. The number of halogens is 2. The predicted octanol–water partition coefficient (Wildman–Crippen LogP) is 3.02. The Kier molecular flexibility index (Phi) is 9.47. The quantitative estimate of drug-likeness (QED) is 0.264. The van der Waals surface area contributed by atoms with Crippen LogP contribution in [-0.2, 0) is 25.4 Å². The molecule has 2 aromatic heterocycles. The first-order chi connectivity index (χ1) is 21.1. The van der Waals surface area contributed by atoms with Gasteiger partial charge in [0, 0.05) is 56.2 Å². The standard InChI is InChI=1S/C30H30Cl2N6O6/c1-37-14-19(29(41)38(2)30(37)42)27(40)35-21-9-5-7-17(26(21)32)16-6-4-8-18(25(16)31)22-12-34-23(28(36-22)43-3)13-33-20-10-11-44-15-24(20)39/h4-9,12,14,20,24,33,39H,10-11,13,15H2,1-3H3,(H,35,40)/t20-,24+/m0/s1. The van der Waals surface area contributed by atoms with Gasteiger partial charge in [-0.2, -0.15) is 0 Å². The number of carbonyl (C=O) groups is 1. The molecule has 1 amide bonds. The predicted molar refractivity (Wildman–Crippen MR) is 166 cm³/mol. The first kappa shape index (κ1) is 31.4. The molecule has 1 aliphatic heterocycles. The number of anilines is 1. The fourth-order valence-corrected chi connectivity index (χ4v) is 5.53. The van der Waals surface area contributed by atoms with Crippen LogP contribution in [0.2, 0.25) is 10.0 Å². The number of rotatable bonds is 8. The van der Waals surface area contributed by atoms with Gasteiger partial charge in [-0.05, 0) is 12.5 Å². The molecule has 0 unspecified atom stereocenters. The average Bonchev–Trinajstić information content (AvgIpc) is 3.02. The number of benzene rings is 2. The number of aryl methyl sites for hydroxylation is 1. The van der Waals surface area contributed by atoms with E-state index in [-0.39, 0.29) is 28.9 Å². The number of aliphatic hydroxyl groups excluding tert-OH is 1. The van der Waals surface area contributed by atoms with Crippen molar-refractivity contribution in [1.29, 1.82) is 0 Å². The zero-order valence-corrected chi connectivity index (χ0v) is 25.6. The second-order valence-corrected chi connectivity index (χ2v) is 11.0. The largest absolute Gasteiger partial charge is 0.480 e. The van der Waals surface area contributed by atoms with Crippen molar-refractivity contribution >= 4 is 34.8 Å². The topological polar surface area (TPSA) is 150 Å². The number of aromatic nitrogens is 4. The van der Waals surface area contributed by atoms with E-state index in [1.807, 2.05) is 0 Å².